The minimum absolute atomic E-state index is 0.0461. The molecular formula is C29H38O3. The van der Waals surface area contributed by atoms with Gasteiger partial charge in [-0.15, -0.1) is 0 Å². The van der Waals surface area contributed by atoms with Crippen LogP contribution in [0.1, 0.15) is 71.3 Å². The Bertz CT molecular complexity index is 974. The van der Waals surface area contributed by atoms with Gasteiger partial charge in [-0.25, -0.2) is 0 Å². The maximum atomic E-state index is 11.7. The van der Waals surface area contributed by atoms with E-state index in [0.717, 1.165) is 50.2 Å². The van der Waals surface area contributed by atoms with Crippen molar-refractivity contribution >= 4 is 16.7 Å². The molecule has 32 heavy (non-hydrogen) atoms. The fraction of sp³-hybridized carbons (Fsp3) is 0.552. The van der Waals surface area contributed by atoms with Crippen LogP contribution in [0.5, 0.6) is 5.75 Å². The molecule has 0 aromatic heterocycles. The summed E-state index contributed by atoms with van der Waals surface area (Å²) in [4.78, 5) is 11.7. The van der Waals surface area contributed by atoms with Crippen molar-refractivity contribution in [2.75, 3.05) is 7.11 Å². The van der Waals surface area contributed by atoms with Gasteiger partial charge >= 0.3 is 5.97 Å². The van der Waals surface area contributed by atoms with Gasteiger partial charge in [0.2, 0.25) is 0 Å². The van der Waals surface area contributed by atoms with Crippen LogP contribution in [0.4, 0.5) is 0 Å². The number of benzene rings is 2. The van der Waals surface area contributed by atoms with Gasteiger partial charge in [0, 0.05) is 0 Å². The summed E-state index contributed by atoms with van der Waals surface area (Å²) < 4.78 is 11.3. The number of ether oxygens (including phenoxy) is 2. The average Bonchev–Trinajstić information content (AvgIpc) is 3.26. The summed E-state index contributed by atoms with van der Waals surface area (Å²) in [6, 6.07) is 13.2. The predicted molar refractivity (Wildman–Crippen MR) is 131 cm³/mol. The largest absolute Gasteiger partial charge is 0.490 e. The Morgan fingerprint density at radius 2 is 1.72 bits per heavy atom. The zero-order chi connectivity index (χ0) is 22.7. The molecular weight excluding hydrogens is 396 g/mol. The van der Waals surface area contributed by atoms with Gasteiger partial charge in [0.05, 0.1) is 19.1 Å². The highest BCUT2D eigenvalue weighted by Crippen LogP contribution is 2.39. The molecule has 1 unspecified atom stereocenters. The first-order valence-corrected chi connectivity index (χ1v) is 12.3. The Morgan fingerprint density at radius 1 is 1.00 bits per heavy atom. The lowest BCUT2D eigenvalue weighted by atomic mass is 9.72. The summed E-state index contributed by atoms with van der Waals surface area (Å²) >= 11 is 0. The second-order valence-corrected chi connectivity index (χ2v) is 10.8. The molecule has 0 spiro atoms. The summed E-state index contributed by atoms with van der Waals surface area (Å²) in [5.74, 6) is 1.78. The number of rotatable bonds is 5. The first-order valence-electron chi connectivity index (χ1n) is 12.3. The van der Waals surface area contributed by atoms with E-state index in [-0.39, 0.29) is 11.9 Å². The normalized spacial score (nSPS) is 25.2. The molecule has 2 aliphatic carbocycles. The average molecular weight is 435 g/mol. The maximum Gasteiger partial charge on any atom is 0.308 e. The van der Waals surface area contributed by atoms with Crippen molar-refractivity contribution in [1.29, 1.82) is 0 Å². The Labute approximate surface area is 193 Å². The van der Waals surface area contributed by atoms with Crippen LogP contribution in [0.25, 0.3) is 10.8 Å². The molecule has 0 aliphatic heterocycles. The molecule has 4 rings (SSSR count). The fourth-order valence-electron chi connectivity index (χ4n) is 5.41. The number of carbonyl (C=O) groups is 1. The lowest BCUT2D eigenvalue weighted by Crippen LogP contribution is -2.30. The Morgan fingerprint density at radius 3 is 2.44 bits per heavy atom. The number of carbonyl (C=O) groups excluding carboxylic acids is 1. The van der Waals surface area contributed by atoms with Crippen LogP contribution in [0, 0.1) is 17.3 Å². The zero-order valence-electron chi connectivity index (χ0n) is 20.2. The molecule has 0 bridgehead atoms. The van der Waals surface area contributed by atoms with Crippen molar-refractivity contribution in [3.63, 3.8) is 0 Å². The minimum atomic E-state index is -0.0700. The molecule has 0 N–H and O–H groups in total. The van der Waals surface area contributed by atoms with Crippen molar-refractivity contribution in [3.05, 3.63) is 53.6 Å². The molecule has 1 atom stereocenters. The van der Waals surface area contributed by atoms with E-state index in [4.69, 9.17) is 9.47 Å². The van der Waals surface area contributed by atoms with E-state index < -0.39 is 0 Å². The Hall–Kier alpha value is -2.29. The van der Waals surface area contributed by atoms with E-state index in [9.17, 15) is 4.79 Å². The highest BCUT2D eigenvalue weighted by Gasteiger charge is 2.30. The van der Waals surface area contributed by atoms with Crippen LogP contribution >= 0.6 is 0 Å². The van der Waals surface area contributed by atoms with Crippen LogP contribution in [0.15, 0.2) is 48.0 Å². The van der Waals surface area contributed by atoms with Crippen molar-refractivity contribution in [1.82, 2.24) is 0 Å². The molecule has 3 heteroatoms. The van der Waals surface area contributed by atoms with Crippen molar-refractivity contribution in [2.45, 2.75) is 78.2 Å². The number of esters is 1. The summed E-state index contributed by atoms with van der Waals surface area (Å²) in [6.45, 7) is 7.08. The SMILES string of the molecule is COC(=O)C1CC/C(=C\Cc2ccc3cc(OC4CCC(C(C)(C)C)CC4)ccc3c2)C1. The van der Waals surface area contributed by atoms with Crippen LogP contribution < -0.4 is 4.74 Å². The van der Waals surface area contributed by atoms with Crippen LogP contribution in [-0.2, 0) is 16.0 Å². The molecule has 3 nitrogen and oxygen atoms in total. The topological polar surface area (TPSA) is 35.5 Å². The van der Waals surface area contributed by atoms with E-state index in [1.165, 1.54) is 41.9 Å². The van der Waals surface area contributed by atoms with E-state index >= 15 is 0 Å². The smallest absolute Gasteiger partial charge is 0.308 e. The summed E-state index contributed by atoms with van der Waals surface area (Å²) in [7, 11) is 1.48. The third-order valence-electron chi connectivity index (χ3n) is 7.56. The van der Waals surface area contributed by atoms with Gasteiger partial charge in [-0.3, -0.25) is 4.79 Å². The summed E-state index contributed by atoms with van der Waals surface area (Å²) in [6.07, 6.45) is 11.2. The molecule has 0 amide bonds. The fourth-order valence-corrected chi connectivity index (χ4v) is 5.41. The van der Waals surface area contributed by atoms with E-state index in [2.05, 4.69) is 63.2 Å². The van der Waals surface area contributed by atoms with Gasteiger partial charge < -0.3 is 9.47 Å². The maximum absolute atomic E-state index is 11.7. The van der Waals surface area contributed by atoms with Gasteiger partial charge in [0.15, 0.2) is 0 Å². The van der Waals surface area contributed by atoms with Gasteiger partial charge in [-0.1, -0.05) is 56.7 Å². The lowest BCUT2D eigenvalue weighted by molar-refractivity contribution is -0.145. The molecule has 172 valence electrons. The third-order valence-corrected chi connectivity index (χ3v) is 7.56. The first kappa shape index (κ1) is 22.9. The summed E-state index contributed by atoms with van der Waals surface area (Å²) in [5.41, 5.74) is 3.09. The van der Waals surface area contributed by atoms with Crippen molar-refractivity contribution < 1.29 is 14.3 Å². The molecule has 2 saturated carbocycles. The second-order valence-electron chi connectivity index (χ2n) is 10.8. The first-order chi connectivity index (χ1) is 15.3. The molecule has 2 fully saturated rings. The number of methoxy groups -OCH3 is 1. The van der Waals surface area contributed by atoms with Gasteiger partial charge in [-0.05, 0) is 91.2 Å². The minimum Gasteiger partial charge on any atom is -0.490 e. The number of fused-ring (bicyclic) bond motifs is 1. The van der Waals surface area contributed by atoms with Crippen molar-refractivity contribution in [2.24, 2.45) is 17.3 Å². The highest BCUT2D eigenvalue weighted by molar-refractivity contribution is 5.84. The van der Waals surface area contributed by atoms with Crippen LogP contribution in [0.3, 0.4) is 0 Å². The van der Waals surface area contributed by atoms with E-state index in [0.29, 0.717) is 11.5 Å². The van der Waals surface area contributed by atoms with Gasteiger partial charge in [-0.2, -0.15) is 0 Å². The molecule has 2 aliphatic rings. The van der Waals surface area contributed by atoms with E-state index in [1.54, 1.807) is 0 Å². The third kappa shape index (κ3) is 5.54. The number of allylic oxidation sites excluding steroid dienone is 2. The number of hydrogen-bond acceptors (Lipinski definition) is 3. The zero-order valence-corrected chi connectivity index (χ0v) is 20.2. The Kier molecular flexibility index (Phi) is 6.93. The molecule has 2 aromatic rings. The standard InChI is InChI=1S/C29H38O3/c1-29(2,3)25-12-15-26(16-13-25)32-27-14-11-22-17-20(7-9-23(22)19-27)5-6-21-8-10-24(18-21)28(30)31-4/h6-7,9,11,14,17,19,24-26H,5,8,10,12-13,15-16,18H2,1-4H3/b21-6+. The quantitative estimate of drug-likeness (QED) is 0.367. The number of hydrogen-bond donors (Lipinski definition) is 0. The monoisotopic (exact) mass is 434 g/mol. The molecule has 0 saturated heterocycles. The van der Waals surface area contributed by atoms with E-state index in [1.807, 2.05) is 0 Å². The molecule has 2 aromatic carbocycles. The summed E-state index contributed by atoms with van der Waals surface area (Å²) in [5, 5.41) is 2.48. The van der Waals surface area contributed by atoms with Crippen LogP contribution in [0.2, 0.25) is 0 Å². The molecule has 0 radical (unpaired) electrons. The lowest BCUT2D eigenvalue weighted by Gasteiger charge is -2.37. The molecule has 0 heterocycles. The predicted octanol–water partition coefficient (Wildman–Crippen LogP) is 7.27. The van der Waals surface area contributed by atoms with Gasteiger partial charge in [0.1, 0.15) is 5.75 Å². The van der Waals surface area contributed by atoms with Gasteiger partial charge in [0.25, 0.3) is 0 Å². The highest BCUT2D eigenvalue weighted by atomic mass is 16.5. The van der Waals surface area contributed by atoms with Crippen molar-refractivity contribution in [3.8, 4) is 5.75 Å². The Balaban J connectivity index is 1.35. The van der Waals surface area contributed by atoms with Crippen LogP contribution in [-0.4, -0.2) is 19.2 Å². The second kappa shape index (κ2) is 9.68.